The molecule has 8 heteroatoms. The van der Waals surface area contributed by atoms with Crippen molar-refractivity contribution in [1.29, 1.82) is 0 Å². The second kappa shape index (κ2) is 6.38. The van der Waals surface area contributed by atoms with Crippen molar-refractivity contribution in [2.45, 2.75) is 25.8 Å². The van der Waals surface area contributed by atoms with Crippen LogP contribution >= 0.6 is 0 Å². The molecule has 0 atom stereocenters. The molecular weight excluding hydrogens is 262 g/mol. The molecule has 110 valence electrons. The van der Waals surface area contributed by atoms with Crippen molar-refractivity contribution in [3.05, 3.63) is 17.5 Å². The second-order valence-corrected chi connectivity index (χ2v) is 4.95. The van der Waals surface area contributed by atoms with Crippen molar-refractivity contribution < 1.29 is 14.5 Å². The number of hydrogen-bond donors (Lipinski definition) is 3. The first-order chi connectivity index (χ1) is 9.58. The van der Waals surface area contributed by atoms with Gasteiger partial charge in [0.25, 0.3) is 5.91 Å². The minimum Gasteiger partial charge on any atom is -0.409 e. The van der Waals surface area contributed by atoms with E-state index in [1.807, 2.05) is 0 Å². The Morgan fingerprint density at radius 1 is 1.65 bits per heavy atom. The SMILES string of the molecule is Cc1cc(C(=O)NC2CCN(CC(N)=NO)CC2)on1. The third-order valence-electron chi connectivity index (χ3n) is 3.29. The van der Waals surface area contributed by atoms with Gasteiger partial charge in [0, 0.05) is 25.2 Å². The normalized spacial score (nSPS) is 18.1. The Balaban J connectivity index is 1.78. The largest absolute Gasteiger partial charge is 0.409 e. The van der Waals surface area contributed by atoms with Crippen LogP contribution in [0.1, 0.15) is 29.1 Å². The molecule has 1 fully saturated rings. The Morgan fingerprint density at radius 2 is 2.35 bits per heavy atom. The average Bonchev–Trinajstić information content (AvgIpc) is 2.87. The Labute approximate surface area is 116 Å². The number of hydrogen-bond acceptors (Lipinski definition) is 6. The number of carbonyl (C=O) groups excluding carboxylic acids is 1. The first kappa shape index (κ1) is 14.3. The fourth-order valence-corrected chi connectivity index (χ4v) is 2.22. The van der Waals surface area contributed by atoms with Crippen LogP contribution in [-0.4, -0.2) is 52.7 Å². The van der Waals surface area contributed by atoms with Crippen molar-refractivity contribution in [2.75, 3.05) is 19.6 Å². The lowest BCUT2D eigenvalue weighted by atomic mass is 10.0. The van der Waals surface area contributed by atoms with E-state index >= 15 is 0 Å². The van der Waals surface area contributed by atoms with Gasteiger partial charge in [0.2, 0.25) is 5.76 Å². The zero-order valence-corrected chi connectivity index (χ0v) is 11.4. The number of piperidine rings is 1. The summed E-state index contributed by atoms with van der Waals surface area (Å²) < 4.78 is 4.92. The maximum Gasteiger partial charge on any atom is 0.290 e. The molecule has 2 heterocycles. The lowest BCUT2D eigenvalue weighted by Gasteiger charge is -2.31. The van der Waals surface area contributed by atoms with Gasteiger partial charge in [0.1, 0.15) is 0 Å². The lowest BCUT2D eigenvalue weighted by molar-refractivity contribution is 0.0877. The molecule has 8 nitrogen and oxygen atoms in total. The second-order valence-electron chi connectivity index (χ2n) is 4.95. The number of nitrogens with two attached hydrogens (primary N) is 1. The highest BCUT2D eigenvalue weighted by atomic mass is 16.5. The topological polar surface area (TPSA) is 117 Å². The molecule has 4 N–H and O–H groups in total. The van der Waals surface area contributed by atoms with Crippen molar-refractivity contribution in [1.82, 2.24) is 15.4 Å². The molecule has 1 aromatic heterocycles. The standard InChI is InChI=1S/C12H19N5O3/c1-8-6-10(20-16-8)12(18)14-9-2-4-17(5-3-9)7-11(13)15-19/h6,9,19H,2-5,7H2,1H3,(H2,13,15)(H,14,18). The van der Waals surface area contributed by atoms with Gasteiger partial charge in [-0.25, -0.2) is 0 Å². The summed E-state index contributed by atoms with van der Waals surface area (Å²) in [7, 11) is 0. The molecule has 0 spiro atoms. The van der Waals surface area contributed by atoms with Crippen molar-refractivity contribution in [3.8, 4) is 0 Å². The summed E-state index contributed by atoms with van der Waals surface area (Å²) in [5, 5.41) is 18.1. The fourth-order valence-electron chi connectivity index (χ4n) is 2.22. The molecule has 0 saturated carbocycles. The third-order valence-corrected chi connectivity index (χ3v) is 3.29. The summed E-state index contributed by atoms with van der Waals surface area (Å²) in [4.78, 5) is 14.0. The molecule has 1 aliphatic heterocycles. The number of carbonyl (C=O) groups is 1. The summed E-state index contributed by atoms with van der Waals surface area (Å²) >= 11 is 0. The van der Waals surface area contributed by atoms with Gasteiger partial charge in [-0.05, 0) is 19.8 Å². The summed E-state index contributed by atoms with van der Waals surface area (Å²) in [5.41, 5.74) is 6.15. The van der Waals surface area contributed by atoms with E-state index in [0.717, 1.165) is 25.9 Å². The van der Waals surface area contributed by atoms with Gasteiger partial charge in [-0.3, -0.25) is 9.69 Å². The van der Waals surface area contributed by atoms with Crippen LogP contribution in [0.5, 0.6) is 0 Å². The van der Waals surface area contributed by atoms with Gasteiger partial charge < -0.3 is 20.8 Å². The number of aryl methyl sites for hydroxylation is 1. The highest BCUT2D eigenvalue weighted by Gasteiger charge is 2.22. The van der Waals surface area contributed by atoms with Gasteiger partial charge in [-0.15, -0.1) is 0 Å². The van der Waals surface area contributed by atoms with E-state index in [9.17, 15) is 4.79 Å². The van der Waals surface area contributed by atoms with E-state index in [1.165, 1.54) is 0 Å². The number of aromatic nitrogens is 1. The van der Waals surface area contributed by atoms with Crippen LogP contribution in [-0.2, 0) is 0 Å². The smallest absolute Gasteiger partial charge is 0.290 e. The first-order valence-electron chi connectivity index (χ1n) is 6.51. The number of likely N-dealkylation sites (tertiary alicyclic amines) is 1. The van der Waals surface area contributed by atoms with E-state index in [2.05, 4.69) is 20.5 Å². The molecule has 1 saturated heterocycles. The van der Waals surface area contributed by atoms with E-state index in [1.54, 1.807) is 13.0 Å². The summed E-state index contributed by atoms with van der Waals surface area (Å²) in [5.74, 6) is 0.201. The van der Waals surface area contributed by atoms with Crippen LogP contribution in [0.3, 0.4) is 0 Å². The average molecular weight is 281 g/mol. The Hall–Kier alpha value is -2.09. The van der Waals surface area contributed by atoms with Crippen LogP contribution in [0, 0.1) is 6.92 Å². The van der Waals surface area contributed by atoms with Gasteiger partial charge in [0.05, 0.1) is 12.2 Å². The zero-order chi connectivity index (χ0) is 14.5. The predicted molar refractivity (Wildman–Crippen MR) is 71.6 cm³/mol. The zero-order valence-electron chi connectivity index (χ0n) is 11.4. The van der Waals surface area contributed by atoms with Gasteiger partial charge >= 0.3 is 0 Å². The van der Waals surface area contributed by atoms with Crippen molar-refractivity contribution in [2.24, 2.45) is 10.9 Å². The molecule has 20 heavy (non-hydrogen) atoms. The van der Waals surface area contributed by atoms with E-state index in [0.29, 0.717) is 12.2 Å². The molecule has 0 unspecified atom stereocenters. The number of oxime groups is 1. The Bertz CT molecular complexity index is 491. The maximum atomic E-state index is 11.9. The van der Waals surface area contributed by atoms with Crippen LogP contribution in [0.2, 0.25) is 0 Å². The fraction of sp³-hybridized carbons (Fsp3) is 0.583. The van der Waals surface area contributed by atoms with Crippen LogP contribution in [0.15, 0.2) is 15.7 Å². The molecule has 0 aliphatic carbocycles. The van der Waals surface area contributed by atoms with E-state index < -0.39 is 0 Å². The van der Waals surface area contributed by atoms with Crippen LogP contribution < -0.4 is 11.1 Å². The molecule has 0 bridgehead atoms. The highest BCUT2D eigenvalue weighted by molar-refractivity contribution is 5.91. The number of amidine groups is 1. The van der Waals surface area contributed by atoms with Gasteiger partial charge in [0.15, 0.2) is 5.84 Å². The van der Waals surface area contributed by atoms with Crippen LogP contribution in [0.4, 0.5) is 0 Å². The van der Waals surface area contributed by atoms with Crippen molar-refractivity contribution in [3.63, 3.8) is 0 Å². The Kier molecular flexibility index (Phi) is 4.57. The summed E-state index contributed by atoms with van der Waals surface area (Å²) in [6.07, 6.45) is 1.63. The number of nitrogens with one attached hydrogen (secondary N) is 1. The third kappa shape index (κ3) is 3.70. The predicted octanol–water partition coefficient (Wildman–Crippen LogP) is -0.0764. The molecule has 0 aromatic carbocycles. The van der Waals surface area contributed by atoms with E-state index in [4.69, 9.17) is 15.5 Å². The highest BCUT2D eigenvalue weighted by Crippen LogP contribution is 2.11. The maximum absolute atomic E-state index is 11.9. The molecule has 1 aliphatic rings. The summed E-state index contributed by atoms with van der Waals surface area (Å²) in [6.45, 7) is 3.79. The van der Waals surface area contributed by atoms with Crippen LogP contribution in [0.25, 0.3) is 0 Å². The van der Waals surface area contributed by atoms with E-state index in [-0.39, 0.29) is 23.5 Å². The molecule has 1 amide bonds. The number of nitrogens with zero attached hydrogens (tertiary/aromatic N) is 3. The van der Waals surface area contributed by atoms with Gasteiger partial charge in [-0.2, -0.15) is 0 Å². The lowest BCUT2D eigenvalue weighted by Crippen LogP contribution is -2.46. The quantitative estimate of drug-likeness (QED) is 0.308. The summed E-state index contributed by atoms with van der Waals surface area (Å²) in [6, 6.07) is 1.72. The minimum atomic E-state index is -0.236. The molecule has 1 aromatic rings. The first-order valence-corrected chi connectivity index (χ1v) is 6.51. The molecule has 0 radical (unpaired) electrons. The number of amides is 1. The molecular formula is C12H19N5O3. The number of rotatable bonds is 4. The Morgan fingerprint density at radius 3 is 2.90 bits per heavy atom. The molecule has 2 rings (SSSR count). The monoisotopic (exact) mass is 281 g/mol. The van der Waals surface area contributed by atoms with Gasteiger partial charge in [-0.1, -0.05) is 10.3 Å². The van der Waals surface area contributed by atoms with Crippen molar-refractivity contribution >= 4 is 11.7 Å². The minimum absolute atomic E-state index is 0.108.